The first-order valence-electron chi connectivity index (χ1n) is 8.76. The number of carbonyl (C=O) groups is 1. The summed E-state index contributed by atoms with van der Waals surface area (Å²) in [7, 11) is 3.08. The van der Waals surface area contributed by atoms with Gasteiger partial charge in [-0.2, -0.15) is 0 Å². The second-order valence-corrected chi connectivity index (χ2v) is 6.20. The zero-order chi connectivity index (χ0) is 19.5. The molecule has 0 saturated heterocycles. The number of nitrogens with zero attached hydrogens (tertiary/aromatic N) is 1. The van der Waals surface area contributed by atoms with Gasteiger partial charge >= 0.3 is 0 Å². The second kappa shape index (κ2) is 7.44. The maximum atomic E-state index is 12.7. The number of ether oxygens (including phenoxy) is 2. The van der Waals surface area contributed by atoms with Crippen LogP contribution in [0.25, 0.3) is 22.4 Å². The molecule has 1 aromatic heterocycles. The summed E-state index contributed by atoms with van der Waals surface area (Å²) in [5, 5.41) is 2.88. The lowest BCUT2D eigenvalue weighted by Crippen LogP contribution is -2.13. The zero-order valence-corrected chi connectivity index (χ0v) is 15.5. The number of benzene rings is 3. The number of aromatic nitrogens is 2. The Kier molecular flexibility index (Phi) is 4.68. The number of imidazole rings is 1. The summed E-state index contributed by atoms with van der Waals surface area (Å²) in [5.74, 6) is 1.59. The molecule has 4 rings (SSSR count). The van der Waals surface area contributed by atoms with Gasteiger partial charge in [-0.05, 0) is 54.6 Å². The lowest BCUT2D eigenvalue weighted by Gasteiger charge is -2.11. The number of hydrogen-bond donors (Lipinski definition) is 2. The minimum atomic E-state index is -0.271. The van der Waals surface area contributed by atoms with Crippen LogP contribution >= 0.6 is 0 Å². The molecule has 6 heteroatoms. The van der Waals surface area contributed by atoms with Gasteiger partial charge in [0.15, 0.2) is 0 Å². The standard InChI is InChI=1S/C22H19N3O3/c1-27-16-11-12-20(28-2)17(13-16)22(26)23-15-9-7-14(8-10-15)21-24-18-5-3-4-6-19(18)25-21/h3-13H,1-2H3,(H,23,26)(H,24,25). The third-order valence-corrected chi connectivity index (χ3v) is 4.46. The van der Waals surface area contributed by atoms with E-state index in [1.165, 1.54) is 7.11 Å². The molecule has 4 aromatic rings. The van der Waals surface area contributed by atoms with Crippen LogP contribution in [0.15, 0.2) is 66.7 Å². The van der Waals surface area contributed by atoms with Crippen molar-refractivity contribution in [3.05, 3.63) is 72.3 Å². The van der Waals surface area contributed by atoms with Crippen molar-refractivity contribution < 1.29 is 14.3 Å². The maximum Gasteiger partial charge on any atom is 0.259 e. The highest BCUT2D eigenvalue weighted by Gasteiger charge is 2.14. The predicted octanol–water partition coefficient (Wildman–Crippen LogP) is 4.50. The Morgan fingerprint density at radius 3 is 2.46 bits per heavy atom. The average Bonchev–Trinajstić information content (AvgIpc) is 3.18. The van der Waals surface area contributed by atoms with Gasteiger partial charge in [0.2, 0.25) is 0 Å². The van der Waals surface area contributed by atoms with Gasteiger partial charge in [-0.3, -0.25) is 4.79 Å². The van der Waals surface area contributed by atoms with Gasteiger partial charge in [-0.15, -0.1) is 0 Å². The van der Waals surface area contributed by atoms with E-state index in [4.69, 9.17) is 9.47 Å². The smallest absolute Gasteiger partial charge is 0.259 e. The highest BCUT2D eigenvalue weighted by atomic mass is 16.5. The van der Waals surface area contributed by atoms with Crippen LogP contribution < -0.4 is 14.8 Å². The third kappa shape index (κ3) is 3.40. The number of hydrogen-bond acceptors (Lipinski definition) is 4. The van der Waals surface area contributed by atoms with Crippen LogP contribution in [-0.4, -0.2) is 30.1 Å². The number of aromatic amines is 1. The molecule has 3 aromatic carbocycles. The van der Waals surface area contributed by atoms with Crippen molar-refractivity contribution in [3.63, 3.8) is 0 Å². The molecule has 1 amide bonds. The number of amides is 1. The van der Waals surface area contributed by atoms with Gasteiger partial charge in [0.05, 0.1) is 30.8 Å². The minimum absolute atomic E-state index is 0.271. The fourth-order valence-corrected chi connectivity index (χ4v) is 2.99. The summed E-state index contributed by atoms with van der Waals surface area (Å²) in [6, 6.07) is 20.5. The Labute approximate surface area is 162 Å². The maximum absolute atomic E-state index is 12.7. The van der Waals surface area contributed by atoms with E-state index in [0.717, 1.165) is 22.4 Å². The van der Waals surface area contributed by atoms with Crippen molar-refractivity contribution in [2.24, 2.45) is 0 Å². The molecule has 0 spiro atoms. The van der Waals surface area contributed by atoms with Crippen LogP contribution in [0.4, 0.5) is 5.69 Å². The molecule has 0 aliphatic rings. The number of fused-ring (bicyclic) bond motifs is 1. The van der Waals surface area contributed by atoms with Crippen LogP contribution in [0.1, 0.15) is 10.4 Å². The largest absolute Gasteiger partial charge is 0.497 e. The summed E-state index contributed by atoms with van der Waals surface area (Å²) < 4.78 is 10.5. The van der Waals surface area contributed by atoms with Gasteiger partial charge in [0.25, 0.3) is 5.91 Å². The van der Waals surface area contributed by atoms with Crippen molar-refractivity contribution in [2.75, 3.05) is 19.5 Å². The fraction of sp³-hybridized carbons (Fsp3) is 0.0909. The van der Waals surface area contributed by atoms with Crippen molar-refractivity contribution >= 4 is 22.6 Å². The Morgan fingerprint density at radius 1 is 0.964 bits per heavy atom. The normalized spacial score (nSPS) is 10.6. The summed E-state index contributed by atoms with van der Waals surface area (Å²) in [4.78, 5) is 20.6. The number of rotatable bonds is 5. The van der Waals surface area contributed by atoms with Gasteiger partial charge < -0.3 is 19.8 Å². The lowest BCUT2D eigenvalue weighted by molar-refractivity contribution is 0.102. The van der Waals surface area contributed by atoms with Crippen LogP contribution in [0.2, 0.25) is 0 Å². The van der Waals surface area contributed by atoms with E-state index in [0.29, 0.717) is 22.7 Å². The molecule has 0 radical (unpaired) electrons. The van der Waals surface area contributed by atoms with Gasteiger partial charge in [0.1, 0.15) is 17.3 Å². The highest BCUT2D eigenvalue weighted by molar-refractivity contribution is 6.06. The Bertz CT molecular complexity index is 1100. The van der Waals surface area contributed by atoms with E-state index in [1.54, 1.807) is 25.3 Å². The Morgan fingerprint density at radius 2 is 1.75 bits per heavy atom. The van der Waals surface area contributed by atoms with E-state index in [9.17, 15) is 4.79 Å². The lowest BCUT2D eigenvalue weighted by atomic mass is 10.1. The molecule has 28 heavy (non-hydrogen) atoms. The summed E-state index contributed by atoms with van der Waals surface area (Å²) in [6.07, 6.45) is 0. The molecular formula is C22H19N3O3. The third-order valence-electron chi connectivity index (χ3n) is 4.46. The molecule has 1 heterocycles. The average molecular weight is 373 g/mol. The molecule has 2 N–H and O–H groups in total. The quantitative estimate of drug-likeness (QED) is 0.540. The topological polar surface area (TPSA) is 76.2 Å². The molecule has 140 valence electrons. The first-order chi connectivity index (χ1) is 13.7. The minimum Gasteiger partial charge on any atom is -0.497 e. The van der Waals surface area contributed by atoms with E-state index in [2.05, 4.69) is 15.3 Å². The monoisotopic (exact) mass is 373 g/mol. The number of anilines is 1. The van der Waals surface area contributed by atoms with E-state index < -0.39 is 0 Å². The van der Waals surface area contributed by atoms with Gasteiger partial charge in [-0.1, -0.05) is 12.1 Å². The zero-order valence-electron chi connectivity index (χ0n) is 15.5. The molecule has 0 saturated carbocycles. The van der Waals surface area contributed by atoms with Crippen molar-refractivity contribution in [3.8, 4) is 22.9 Å². The van der Waals surface area contributed by atoms with Crippen LogP contribution in [0.5, 0.6) is 11.5 Å². The van der Waals surface area contributed by atoms with Gasteiger partial charge in [-0.25, -0.2) is 4.98 Å². The Balaban J connectivity index is 1.55. The van der Waals surface area contributed by atoms with Crippen molar-refractivity contribution in [2.45, 2.75) is 0 Å². The molecule has 0 aliphatic carbocycles. The van der Waals surface area contributed by atoms with Crippen LogP contribution in [0.3, 0.4) is 0 Å². The van der Waals surface area contributed by atoms with E-state index in [1.807, 2.05) is 48.5 Å². The molecule has 0 bridgehead atoms. The number of carbonyl (C=O) groups excluding carboxylic acids is 1. The first kappa shape index (κ1) is 17.6. The number of nitrogens with one attached hydrogen (secondary N) is 2. The molecule has 0 atom stereocenters. The molecule has 0 fully saturated rings. The van der Waals surface area contributed by atoms with Crippen molar-refractivity contribution in [1.82, 2.24) is 9.97 Å². The summed E-state index contributed by atoms with van der Waals surface area (Å²) >= 11 is 0. The predicted molar refractivity (Wildman–Crippen MR) is 109 cm³/mol. The summed E-state index contributed by atoms with van der Waals surface area (Å²) in [6.45, 7) is 0. The Hall–Kier alpha value is -3.80. The second-order valence-electron chi connectivity index (χ2n) is 6.20. The fourth-order valence-electron chi connectivity index (χ4n) is 2.99. The SMILES string of the molecule is COc1ccc(OC)c(C(=O)Nc2ccc(-c3nc4ccccc4[nH]3)cc2)c1. The molecular weight excluding hydrogens is 354 g/mol. The van der Waals surface area contributed by atoms with Crippen molar-refractivity contribution in [1.29, 1.82) is 0 Å². The van der Waals surface area contributed by atoms with Crippen LogP contribution in [0, 0.1) is 0 Å². The first-order valence-corrected chi connectivity index (χ1v) is 8.76. The van der Waals surface area contributed by atoms with Gasteiger partial charge in [0, 0.05) is 11.3 Å². The number of methoxy groups -OCH3 is 2. The molecule has 0 aliphatic heterocycles. The van der Waals surface area contributed by atoms with E-state index in [-0.39, 0.29) is 5.91 Å². The highest BCUT2D eigenvalue weighted by Crippen LogP contribution is 2.26. The number of H-pyrrole nitrogens is 1. The van der Waals surface area contributed by atoms with E-state index >= 15 is 0 Å². The van der Waals surface area contributed by atoms with Crippen LogP contribution in [-0.2, 0) is 0 Å². The number of para-hydroxylation sites is 2. The molecule has 0 unspecified atom stereocenters. The summed E-state index contributed by atoms with van der Waals surface area (Å²) in [5.41, 5.74) is 3.92. The molecule has 6 nitrogen and oxygen atoms in total.